The first-order valence-corrected chi connectivity index (χ1v) is 13.6. The highest BCUT2D eigenvalue weighted by molar-refractivity contribution is 6.25. The first-order valence-electron chi connectivity index (χ1n) is 13.6. The molecule has 4 amide bonds. The predicted octanol–water partition coefficient (Wildman–Crippen LogP) is 3.88. The van der Waals surface area contributed by atoms with Crippen molar-refractivity contribution in [3.8, 4) is 0 Å². The molecule has 8 nitrogen and oxygen atoms in total. The fraction of sp³-hybridized carbons (Fsp3) is 0.467. The van der Waals surface area contributed by atoms with E-state index in [0.717, 1.165) is 41.9 Å². The van der Waals surface area contributed by atoms with E-state index in [4.69, 9.17) is 0 Å². The standard InChI is InChI=1S/C30H36N4O4/c1-18(2)21-11-13-33(14-12-21)17-22-8-7-20(15-19(22)3)16-31-24-6-4-5-23-27(24)30(38)34(29(23)37)25-9-10-26(35)32-28(25)36/h4-8,15,18,21,25,31H,9-14,16-17H2,1-3H3,(H,32,35,36). The third-order valence-corrected chi connectivity index (χ3v) is 8.33. The Hall–Kier alpha value is -3.52. The summed E-state index contributed by atoms with van der Waals surface area (Å²) in [6.45, 7) is 10.5. The molecule has 0 bridgehead atoms. The summed E-state index contributed by atoms with van der Waals surface area (Å²) in [5, 5.41) is 5.57. The lowest BCUT2D eigenvalue weighted by molar-refractivity contribution is -0.136. The van der Waals surface area contributed by atoms with Crippen LogP contribution in [0.15, 0.2) is 36.4 Å². The largest absolute Gasteiger partial charge is 0.380 e. The minimum absolute atomic E-state index is 0.0977. The minimum atomic E-state index is -0.973. The third kappa shape index (κ3) is 5.10. The van der Waals surface area contributed by atoms with Crippen LogP contribution in [0.4, 0.5) is 5.69 Å². The van der Waals surface area contributed by atoms with Crippen LogP contribution < -0.4 is 10.6 Å². The predicted molar refractivity (Wildman–Crippen MR) is 144 cm³/mol. The lowest BCUT2D eigenvalue weighted by Gasteiger charge is -2.34. The van der Waals surface area contributed by atoms with Crippen molar-refractivity contribution in [2.45, 2.75) is 65.6 Å². The molecule has 3 aliphatic rings. The van der Waals surface area contributed by atoms with E-state index in [9.17, 15) is 19.2 Å². The number of benzene rings is 2. The summed E-state index contributed by atoms with van der Waals surface area (Å²) < 4.78 is 0. The van der Waals surface area contributed by atoms with Crippen LogP contribution in [-0.4, -0.2) is 52.6 Å². The van der Waals surface area contributed by atoms with E-state index in [1.54, 1.807) is 18.2 Å². The molecule has 1 atom stereocenters. The smallest absolute Gasteiger partial charge is 0.264 e. The Morgan fingerprint density at radius 2 is 1.76 bits per heavy atom. The molecule has 2 aromatic carbocycles. The minimum Gasteiger partial charge on any atom is -0.380 e. The molecule has 0 spiro atoms. The maximum absolute atomic E-state index is 13.3. The summed E-state index contributed by atoms with van der Waals surface area (Å²) in [7, 11) is 0. The van der Waals surface area contributed by atoms with E-state index in [0.29, 0.717) is 12.2 Å². The molecule has 2 aromatic rings. The van der Waals surface area contributed by atoms with Gasteiger partial charge in [0.2, 0.25) is 11.8 Å². The summed E-state index contributed by atoms with van der Waals surface area (Å²) in [4.78, 5) is 53.8. The van der Waals surface area contributed by atoms with E-state index in [1.807, 2.05) is 0 Å². The summed E-state index contributed by atoms with van der Waals surface area (Å²) >= 11 is 0. The number of anilines is 1. The van der Waals surface area contributed by atoms with Crippen LogP contribution in [-0.2, 0) is 22.7 Å². The molecule has 0 radical (unpaired) electrons. The third-order valence-electron chi connectivity index (χ3n) is 8.33. The Balaban J connectivity index is 1.25. The zero-order chi connectivity index (χ0) is 27.0. The van der Waals surface area contributed by atoms with Crippen LogP contribution in [0.1, 0.15) is 76.9 Å². The van der Waals surface area contributed by atoms with Gasteiger partial charge in [0.1, 0.15) is 6.04 Å². The van der Waals surface area contributed by atoms with Crippen molar-refractivity contribution >= 4 is 29.3 Å². The summed E-state index contributed by atoms with van der Waals surface area (Å²) in [5.41, 5.74) is 4.77. The molecule has 200 valence electrons. The van der Waals surface area contributed by atoms with Gasteiger partial charge in [0.25, 0.3) is 11.8 Å². The van der Waals surface area contributed by atoms with Crippen LogP contribution in [0.5, 0.6) is 0 Å². The number of hydrogen-bond donors (Lipinski definition) is 2. The topological polar surface area (TPSA) is 98.8 Å². The zero-order valence-electron chi connectivity index (χ0n) is 22.4. The van der Waals surface area contributed by atoms with Gasteiger partial charge in [-0.3, -0.25) is 34.3 Å². The summed E-state index contributed by atoms with van der Waals surface area (Å²) in [6, 6.07) is 10.6. The fourth-order valence-electron chi connectivity index (χ4n) is 5.92. The van der Waals surface area contributed by atoms with Gasteiger partial charge < -0.3 is 5.32 Å². The number of amides is 4. The zero-order valence-corrected chi connectivity index (χ0v) is 22.4. The van der Waals surface area contributed by atoms with Gasteiger partial charge in [-0.15, -0.1) is 0 Å². The number of carbonyl (C=O) groups is 4. The lowest BCUT2D eigenvalue weighted by Crippen LogP contribution is -2.54. The maximum Gasteiger partial charge on any atom is 0.264 e. The van der Waals surface area contributed by atoms with Gasteiger partial charge in [0.15, 0.2) is 0 Å². The molecule has 1 unspecified atom stereocenters. The maximum atomic E-state index is 13.3. The number of carbonyl (C=O) groups excluding carboxylic acids is 4. The Labute approximate surface area is 223 Å². The number of fused-ring (bicyclic) bond motifs is 1. The summed E-state index contributed by atoms with van der Waals surface area (Å²) in [6.07, 6.45) is 2.77. The molecule has 3 aliphatic heterocycles. The van der Waals surface area contributed by atoms with Crippen molar-refractivity contribution in [1.82, 2.24) is 15.1 Å². The van der Waals surface area contributed by atoms with Crippen molar-refractivity contribution in [1.29, 1.82) is 0 Å². The van der Waals surface area contributed by atoms with Gasteiger partial charge in [-0.25, -0.2) is 0 Å². The quantitative estimate of drug-likeness (QED) is 0.542. The van der Waals surface area contributed by atoms with Crippen LogP contribution in [0, 0.1) is 18.8 Å². The van der Waals surface area contributed by atoms with Crippen LogP contribution >= 0.6 is 0 Å². The van der Waals surface area contributed by atoms with Crippen molar-refractivity contribution in [3.05, 3.63) is 64.2 Å². The molecule has 0 aliphatic carbocycles. The second kappa shape index (κ2) is 10.7. The van der Waals surface area contributed by atoms with E-state index in [-0.39, 0.29) is 29.9 Å². The Bertz CT molecular complexity index is 1280. The number of imide groups is 2. The SMILES string of the molecule is Cc1cc(CNc2cccc3c2C(=O)N(C2CCC(=O)NC2=O)C3=O)ccc1CN1CCC(C(C)C)CC1. The molecule has 2 fully saturated rings. The first-order chi connectivity index (χ1) is 18.2. The van der Waals surface area contributed by atoms with Crippen molar-refractivity contribution in [2.24, 2.45) is 11.8 Å². The molecule has 5 rings (SSSR count). The van der Waals surface area contributed by atoms with Crippen molar-refractivity contribution < 1.29 is 19.2 Å². The average Bonchev–Trinajstić information content (AvgIpc) is 3.15. The Morgan fingerprint density at radius 1 is 1.00 bits per heavy atom. The van der Waals surface area contributed by atoms with Crippen LogP contribution in [0.2, 0.25) is 0 Å². The number of likely N-dealkylation sites (tertiary alicyclic amines) is 1. The van der Waals surface area contributed by atoms with Gasteiger partial charge >= 0.3 is 0 Å². The normalized spacial score (nSPS) is 20.7. The monoisotopic (exact) mass is 516 g/mol. The number of rotatable bonds is 7. The molecule has 8 heteroatoms. The lowest BCUT2D eigenvalue weighted by atomic mass is 9.86. The summed E-state index contributed by atoms with van der Waals surface area (Å²) in [5.74, 6) is -0.410. The highest BCUT2D eigenvalue weighted by Gasteiger charge is 2.45. The highest BCUT2D eigenvalue weighted by Crippen LogP contribution is 2.33. The number of piperidine rings is 2. The van der Waals surface area contributed by atoms with E-state index >= 15 is 0 Å². The second-order valence-electron chi connectivity index (χ2n) is 11.1. The molecular weight excluding hydrogens is 480 g/mol. The molecule has 2 N–H and O–H groups in total. The van der Waals surface area contributed by atoms with E-state index in [2.05, 4.69) is 54.5 Å². The molecule has 0 aromatic heterocycles. The van der Waals surface area contributed by atoms with Gasteiger partial charge in [-0.1, -0.05) is 38.1 Å². The fourth-order valence-corrected chi connectivity index (χ4v) is 5.92. The van der Waals surface area contributed by atoms with Gasteiger partial charge in [-0.2, -0.15) is 0 Å². The Kier molecular flexibility index (Phi) is 7.34. The average molecular weight is 517 g/mol. The molecular formula is C30H36N4O4. The van der Waals surface area contributed by atoms with Gasteiger partial charge in [-0.05, 0) is 79.9 Å². The van der Waals surface area contributed by atoms with Gasteiger partial charge in [0.05, 0.1) is 11.1 Å². The highest BCUT2D eigenvalue weighted by atomic mass is 16.2. The molecule has 38 heavy (non-hydrogen) atoms. The van der Waals surface area contributed by atoms with E-state index < -0.39 is 23.8 Å². The first kappa shape index (κ1) is 26.1. The van der Waals surface area contributed by atoms with E-state index in [1.165, 1.54) is 24.0 Å². The molecule has 0 saturated carbocycles. The molecule has 2 saturated heterocycles. The van der Waals surface area contributed by atoms with Crippen LogP contribution in [0.3, 0.4) is 0 Å². The number of nitrogens with zero attached hydrogens (tertiary/aromatic N) is 2. The second-order valence-corrected chi connectivity index (χ2v) is 11.1. The molecule has 3 heterocycles. The Morgan fingerprint density at radius 3 is 2.45 bits per heavy atom. The van der Waals surface area contributed by atoms with Crippen molar-refractivity contribution in [2.75, 3.05) is 18.4 Å². The number of aryl methyl sites for hydroxylation is 1. The van der Waals surface area contributed by atoms with Crippen molar-refractivity contribution in [3.63, 3.8) is 0 Å². The van der Waals surface area contributed by atoms with Gasteiger partial charge in [0, 0.05) is 25.2 Å². The van der Waals surface area contributed by atoms with Crippen LogP contribution in [0.25, 0.3) is 0 Å². The number of nitrogens with one attached hydrogen (secondary N) is 2. The number of hydrogen-bond acceptors (Lipinski definition) is 6.